The van der Waals surface area contributed by atoms with Crippen LogP contribution >= 0.6 is 0 Å². The summed E-state index contributed by atoms with van der Waals surface area (Å²) in [4.78, 5) is 18.9. The summed E-state index contributed by atoms with van der Waals surface area (Å²) in [7, 11) is 1.87. The molecular weight excluding hydrogens is 246 g/mol. The fourth-order valence-corrected chi connectivity index (χ4v) is 1.66. The van der Waals surface area contributed by atoms with Crippen molar-refractivity contribution in [2.45, 2.75) is 13.3 Å². The smallest absolute Gasteiger partial charge is 0.339 e. The second kappa shape index (κ2) is 5.47. The van der Waals surface area contributed by atoms with E-state index in [9.17, 15) is 4.79 Å². The van der Waals surface area contributed by atoms with Crippen molar-refractivity contribution in [1.82, 2.24) is 19.7 Å². The SMILES string of the molecule is Cc1nc(NCCc2ccn(C)n2)ncc1C(=O)O. The number of carbonyl (C=O) groups is 1. The molecular formula is C12H15N5O2. The second-order valence-electron chi connectivity index (χ2n) is 4.16. The molecule has 0 amide bonds. The highest BCUT2D eigenvalue weighted by molar-refractivity contribution is 5.88. The molecule has 0 bridgehead atoms. The van der Waals surface area contributed by atoms with E-state index in [2.05, 4.69) is 20.4 Å². The Bertz CT molecular complexity index is 594. The highest BCUT2D eigenvalue weighted by Crippen LogP contribution is 2.07. The van der Waals surface area contributed by atoms with E-state index >= 15 is 0 Å². The Morgan fingerprint density at radius 1 is 1.53 bits per heavy atom. The zero-order valence-corrected chi connectivity index (χ0v) is 10.8. The Morgan fingerprint density at radius 2 is 2.32 bits per heavy atom. The first-order valence-electron chi connectivity index (χ1n) is 5.85. The lowest BCUT2D eigenvalue weighted by Crippen LogP contribution is -2.11. The van der Waals surface area contributed by atoms with Crippen molar-refractivity contribution in [2.24, 2.45) is 7.05 Å². The standard InChI is InChI=1S/C12H15N5O2/c1-8-10(11(18)19)7-14-12(15-8)13-5-3-9-4-6-17(2)16-9/h4,6-7H,3,5H2,1-2H3,(H,18,19)(H,13,14,15). The van der Waals surface area contributed by atoms with Crippen LogP contribution in [0.4, 0.5) is 5.95 Å². The number of hydrogen-bond donors (Lipinski definition) is 2. The molecule has 0 atom stereocenters. The highest BCUT2D eigenvalue weighted by atomic mass is 16.4. The van der Waals surface area contributed by atoms with Gasteiger partial charge in [0.15, 0.2) is 0 Å². The molecule has 7 nitrogen and oxygen atoms in total. The van der Waals surface area contributed by atoms with E-state index in [1.807, 2.05) is 19.3 Å². The number of aromatic nitrogens is 4. The fourth-order valence-electron chi connectivity index (χ4n) is 1.66. The summed E-state index contributed by atoms with van der Waals surface area (Å²) in [6, 6.07) is 1.95. The zero-order valence-electron chi connectivity index (χ0n) is 10.8. The Labute approximate surface area is 110 Å². The minimum Gasteiger partial charge on any atom is -0.478 e. The number of carboxylic acids is 1. The Kier molecular flexibility index (Phi) is 3.74. The van der Waals surface area contributed by atoms with Gasteiger partial charge < -0.3 is 10.4 Å². The van der Waals surface area contributed by atoms with E-state index in [4.69, 9.17) is 5.11 Å². The first-order chi connectivity index (χ1) is 9.06. The maximum atomic E-state index is 10.8. The van der Waals surface area contributed by atoms with E-state index in [1.54, 1.807) is 11.6 Å². The number of rotatable bonds is 5. The molecule has 0 fully saturated rings. The molecule has 19 heavy (non-hydrogen) atoms. The molecule has 0 aliphatic carbocycles. The van der Waals surface area contributed by atoms with E-state index in [1.165, 1.54) is 6.20 Å². The van der Waals surface area contributed by atoms with Gasteiger partial charge in [0.2, 0.25) is 5.95 Å². The lowest BCUT2D eigenvalue weighted by Gasteiger charge is -2.05. The van der Waals surface area contributed by atoms with Gasteiger partial charge in [-0.25, -0.2) is 14.8 Å². The summed E-state index contributed by atoms with van der Waals surface area (Å²) < 4.78 is 1.75. The van der Waals surface area contributed by atoms with Gasteiger partial charge >= 0.3 is 5.97 Å². The van der Waals surface area contributed by atoms with Gasteiger partial charge in [-0.05, 0) is 13.0 Å². The summed E-state index contributed by atoms with van der Waals surface area (Å²) in [6.07, 6.45) is 3.95. The molecule has 2 heterocycles. The number of nitrogens with one attached hydrogen (secondary N) is 1. The largest absolute Gasteiger partial charge is 0.478 e. The summed E-state index contributed by atoms with van der Waals surface area (Å²) >= 11 is 0. The molecule has 2 aromatic heterocycles. The zero-order chi connectivity index (χ0) is 13.8. The molecule has 0 radical (unpaired) electrons. The van der Waals surface area contributed by atoms with Crippen LogP contribution in [-0.4, -0.2) is 37.4 Å². The van der Waals surface area contributed by atoms with Crippen molar-refractivity contribution < 1.29 is 9.90 Å². The van der Waals surface area contributed by atoms with Gasteiger partial charge in [0.1, 0.15) is 0 Å². The van der Waals surface area contributed by atoms with Crippen molar-refractivity contribution in [3.8, 4) is 0 Å². The molecule has 0 unspecified atom stereocenters. The third-order valence-corrected chi connectivity index (χ3v) is 2.64. The van der Waals surface area contributed by atoms with Crippen LogP contribution < -0.4 is 5.32 Å². The lowest BCUT2D eigenvalue weighted by atomic mass is 10.2. The molecule has 0 saturated heterocycles. The molecule has 0 aromatic carbocycles. The van der Waals surface area contributed by atoms with E-state index in [-0.39, 0.29) is 5.56 Å². The molecule has 2 aromatic rings. The van der Waals surface area contributed by atoms with Gasteiger partial charge in [0.05, 0.1) is 17.0 Å². The van der Waals surface area contributed by atoms with Crippen molar-refractivity contribution in [1.29, 1.82) is 0 Å². The molecule has 0 aliphatic rings. The van der Waals surface area contributed by atoms with Crippen LogP contribution in [0.25, 0.3) is 0 Å². The maximum absolute atomic E-state index is 10.8. The van der Waals surface area contributed by atoms with Crippen LogP contribution in [0.5, 0.6) is 0 Å². The summed E-state index contributed by atoms with van der Waals surface area (Å²) in [5.74, 6) is -0.587. The average Bonchev–Trinajstić information content (AvgIpc) is 2.75. The number of anilines is 1. The molecule has 0 saturated carbocycles. The van der Waals surface area contributed by atoms with E-state index < -0.39 is 5.97 Å². The van der Waals surface area contributed by atoms with Crippen LogP contribution in [-0.2, 0) is 13.5 Å². The van der Waals surface area contributed by atoms with Crippen molar-refractivity contribution >= 4 is 11.9 Å². The van der Waals surface area contributed by atoms with E-state index in [0.717, 1.165) is 12.1 Å². The normalized spacial score (nSPS) is 10.4. The predicted molar refractivity (Wildman–Crippen MR) is 69.1 cm³/mol. The van der Waals surface area contributed by atoms with Gasteiger partial charge in [-0.3, -0.25) is 4.68 Å². The maximum Gasteiger partial charge on any atom is 0.339 e. The topological polar surface area (TPSA) is 92.9 Å². The average molecular weight is 261 g/mol. The predicted octanol–water partition coefficient (Wildman–Crippen LogP) is 0.871. The van der Waals surface area contributed by atoms with E-state index in [0.29, 0.717) is 18.2 Å². The molecule has 100 valence electrons. The second-order valence-corrected chi connectivity index (χ2v) is 4.16. The molecule has 0 spiro atoms. The minimum absolute atomic E-state index is 0.121. The highest BCUT2D eigenvalue weighted by Gasteiger charge is 2.09. The molecule has 7 heteroatoms. The summed E-state index contributed by atoms with van der Waals surface area (Å²) in [6.45, 7) is 2.29. The summed E-state index contributed by atoms with van der Waals surface area (Å²) in [5, 5.41) is 16.2. The molecule has 2 N–H and O–H groups in total. The Balaban J connectivity index is 1.93. The quantitative estimate of drug-likeness (QED) is 0.829. The van der Waals surface area contributed by atoms with Crippen LogP contribution in [0.3, 0.4) is 0 Å². The van der Waals surface area contributed by atoms with Crippen LogP contribution in [0, 0.1) is 6.92 Å². The molecule has 0 aliphatic heterocycles. The fraction of sp³-hybridized carbons (Fsp3) is 0.333. The van der Waals surface area contributed by atoms with Crippen molar-refractivity contribution in [2.75, 3.05) is 11.9 Å². The number of hydrogen-bond acceptors (Lipinski definition) is 5. The number of carboxylic acid groups (broad SMARTS) is 1. The van der Waals surface area contributed by atoms with Crippen molar-refractivity contribution in [3.63, 3.8) is 0 Å². The Hall–Kier alpha value is -2.44. The third-order valence-electron chi connectivity index (χ3n) is 2.64. The monoisotopic (exact) mass is 261 g/mol. The van der Waals surface area contributed by atoms with Gasteiger partial charge in [0.25, 0.3) is 0 Å². The van der Waals surface area contributed by atoms with Gasteiger partial charge in [-0.15, -0.1) is 0 Å². The Morgan fingerprint density at radius 3 is 2.89 bits per heavy atom. The first kappa shape index (κ1) is 13.0. The summed E-state index contributed by atoms with van der Waals surface area (Å²) in [5.41, 5.74) is 1.55. The van der Waals surface area contributed by atoms with Gasteiger partial charge in [0, 0.05) is 32.4 Å². The van der Waals surface area contributed by atoms with Gasteiger partial charge in [-0.2, -0.15) is 5.10 Å². The lowest BCUT2D eigenvalue weighted by molar-refractivity contribution is 0.0695. The van der Waals surface area contributed by atoms with Crippen LogP contribution in [0.15, 0.2) is 18.5 Å². The van der Waals surface area contributed by atoms with Crippen molar-refractivity contribution in [3.05, 3.63) is 35.4 Å². The molecule has 2 rings (SSSR count). The first-order valence-corrected chi connectivity index (χ1v) is 5.85. The third kappa shape index (κ3) is 3.27. The van der Waals surface area contributed by atoms with Crippen LogP contribution in [0.1, 0.15) is 21.7 Å². The number of nitrogens with zero attached hydrogens (tertiary/aromatic N) is 4. The number of aromatic carboxylic acids is 1. The minimum atomic E-state index is -1.02. The van der Waals surface area contributed by atoms with Gasteiger partial charge in [-0.1, -0.05) is 0 Å². The number of aryl methyl sites for hydroxylation is 2. The van der Waals surface area contributed by atoms with Crippen LogP contribution in [0.2, 0.25) is 0 Å².